The number of hydrogen-bond donors (Lipinski definition) is 10. The normalized spacial score (nSPS) is 22.4. The Hall–Kier alpha value is -2.67. The third-order valence-corrected chi connectivity index (χ3v) is 11.6. The highest BCUT2D eigenvalue weighted by atomic mass is 32.2. The minimum absolute atomic E-state index is 0.0320. The number of ether oxygens (including phenoxy) is 1. The zero-order valence-electron chi connectivity index (χ0n) is 29.6. The topological polar surface area (TPSA) is 367 Å². The van der Waals surface area contributed by atoms with Crippen LogP contribution in [0.3, 0.4) is 0 Å². The Morgan fingerprint density at radius 2 is 1.80 bits per heavy atom. The number of thioether (sulfide) groups is 1. The molecule has 2 unspecified atom stereocenters. The van der Waals surface area contributed by atoms with Gasteiger partial charge in [-0.25, -0.2) is 28.6 Å². The molecule has 1 aliphatic rings. The Balaban J connectivity index is 1.51. The predicted octanol–water partition coefficient (Wildman–Crippen LogP) is -0.410. The molecule has 3 rings (SSSR count). The van der Waals surface area contributed by atoms with E-state index in [0.717, 1.165) is 17.2 Å². The maximum absolute atomic E-state index is 12.7. The number of nitrogens with one attached hydrogen (secondary N) is 2. The van der Waals surface area contributed by atoms with E-state index in [1.165, 1.54) is 25.6 Å². The number of anilines is 1. The summed E-state index contributed by atoms with van der Waals surface area (Å²) >= 11 is 1.35. The highest BCUT2D eigenvalue weighted by Crippen LogP contribution is 2.61. The maximum Gasteiger partial charge on any atom is 0.481 e. The molecule has 1 saturated heterocycles. The summed E-state index contributed by atoms with van der Waals surface area (Å²) in [6, 6.07) is 0. The van der Waals surface area contributed by atoms with Gasteiger partial charge < -0.3 is 56.0 Å². The SMILES string of the molecule is CC=CC=C(CO)SCCNC(=O)CCNC(=O)[C@H](O)C(C)(C)COP(=O)(O)OP(=O)(O)OC[C@H]1O[C@@H](n2cnc3c(N)ncnc32)[C@H](O)[C@@H]1OP(=O)(O)O. The van der Waals surface area contributed by atoms with Gasteiger partial charge in [-0.2, -0.15) is 4.31 Å². The fraction of sp³-hybridized carbons (Fsp3) is 0.593. The Labute approximate surface area is 317 Å². The van der Waals surface area contributed by atoms with Crippen molar-refractivity contribution < 1.29 is 80.8 Å². The van der Waals surface area contributed by atoms with E-state index in [1.807, 2.05) is 6.92 Å². The van der Waals surface area contributed by atoms with E-state index in [1.54, 1.807) is 18.2 Å². The molecule has 7 atom stereocenters. The number of carbonyl (C=O) groups is 2. The summed E-state index contributed by atoms with van der Waals surface area (Å²) in [5, 5.41) is 35.7. The number of nitrogens with two attached hydrogens (primary N) is 1. The van der Waals surface area contributed by atoms with E-state index in [-0.39, 0.29) is 43.1 Å². The van der Waals surface area contributed by atoms with E-state index in [0.29, 0.717) is 10.7 Å². The van der Waals surface area contributed by atoms with Crippen LogP contribution in [0.1, 0.15) is 33.4 Å². The summed E-state index contributed by atoms with van der Waals surface area (Å²) in [5.41, 5.74) is 4.27. The standard InChI is InChI=1S/C27H44N7O17P3S/c1-4-5-6-16(11-35)55-10-9-29-18(36)7-8-30-25(39)22(38)27(2,3)13-48-54(45,46)51-53(43,44)47-12-17-21(50-52(40,41)42)20(37)26(49-17)34-15-33-19-23(28)31-14-32-24(19)34/h4-6,14-15,17,20-22,26,35,37-38H,7-13H2,1-3H3,(H,29,36)(H,30,39)(H,43,44)(H,45,46)(H2,28,31,32)(H2,40,41,42)/t17-,20-,21-,22+,26-/m1/s1. The Morgan fingerprint density at radius 1 is 1.11 bits per heavy atom. The lowest BCUT2D eigenvalue weighted by atomic mass is 9.87. The lowest BCUT2D eigenvalue weighted by molar-refractivity contribution is -0.137. The zero-order valence-corrected chi connectivity index (χ0v) is 33.1. The molecule has 1 aliphatic heterocycles. The number of aromatic nitrogens is 4. The molecule has 0 saturated carbocycles. The van der Waals surface area contributed by atoms with E-state index in [2.05, 4.69) is 34.4 Å². The average molecular weight is 864 g/mol. The molecule has 2 aromatic heterocycles. The summed E-state index contributed by atoms with van der Waals surface area (Å²) in [6.07, 6.45) is -1.55. The lowest BCUT2D eigenvalue weighted by Gasteiger charge is -2.30. The van der Waals surface area contributed by atoms with Crippen LogP contribution in [0.15, 0.2) is 35.8 Å². The molecule has 28 heteroatoms. The van der Waals surface area contributed by atoms with Gasteiger partial charge in [0.25, 0.3) is 0 Å². The van der Waals surface area contributed by atoms with Crippen LogP contribution in [0.25, 0.3) is 11.2 Å². The second kappa shape index (κ2) is 20.1. The maximum atomic E-state index is 12.7. The third-order valence-electron chi connectivity index (χ3n) is 7.42. The Morgan fingerprint density at radius 3 is 2.45 bits per heavy atom. The molecule has 11 N–H and O–H groups in total. The van der Waals surface area contributed by atoms with Crippen LogP contribution in [-0.2, 0) is 45.9 Å². The Bertz CT molecular complexity index is 1840. The second-order valence-electron chi connectivity index (χ2n) is 12.2. The fourth-order valence-corrected chi connectivity index (χ4v) is 8.22. The van der Waals surface area contributed by atoms with E-state index < -0.39 is 84.6 Å². The number of phosphoric ester groups is 3. The number of aliphatic hydroxyl groups excluding tert-OH is 3. The molecule has 310 valence electrons. The van der Waals surface area contributed by atoms with Crippen LogP contribution in [-0.4, -0.2) is 129 Å². The van der Waals surface area contributed by atoms with Crippen molar-refractivity contribution in [1.82, 2.24) is 30.2 Å². The predicted molar refractivity (Wildman–Crippen MR) is 192 cm³/mol. The number of rotatable bonds is 22. The molecule has 0 bridgehead atoms. The molecule has 24 nitrogen and oxygen atoms in total. The minimum atomic E-state index is -5.56. The van der Waals surface area contributed by atoms with E-state index in [4.69, 9.17) is 19.5 Å². The first kappa shape index (κ1) is 46.7. The summed E-state index contributed by atoms with van der Waals surface area (Å²) in [5.74, 6) is -0.923. The molecule has 1 fully saturated rings. The van der Waals surface area contributed by atoms with Crippen molar-refractivity contribution in [3.8, 4) is 0 Å². The monoisotopic (exact) mass is 863 g/mol. The van der Waals surface area contributed by atoms with Crippen molar-refractivity contribution in [2.45, 2.75) is 57.8 Å². The van der Waals surface area contributed by atoms with Gasteiger partial charge in [0.15, 0.2) is 17.7 Å². The van der Waals surface area contributed by atoms with Crippen molar-refractivity contribution >= 4 is 64.0 Å². The first-order chi connectivity index (χ1) is 25.6. The van der Waals surface area contributed by atoms with Crippen LogP contribution >= 0.6 is 35.2 Å². The number of fused-ring (bicyclic) bond motifs is 1. The molecule has 0 aromatic carbocycles. The van der Waals surface area contributed by atoms with E-state index >= 15 is 0 Å². The van der Waals surface area contributed by atoms with Crippen molar-refractivity contribution in [1.29, 1.82) is 0 Å². The van der Waals surface area contributed by atoms with Gasteiger partial charge in [0.2, 0.25) is 11.8 Å². The number of nitrogen functional groups attached to an aromatic ring is 1. The van der Waals surface area contributed by atoms with E-state index in [9.17, 15) is 58.2 Å². The van der Waals surface area contributed by atoms with Gasteiger partial charge in [0, 0.05) is 35.6 Å². The number of phosphoric acid groups is 3. The van der Waals surface area contributed by atoms with Gasteiger partial charge in [-0.1, -0.05) is 32.1 Å². The van der Waals surface area contributed by atoms with Crippen molar-refractivity contribution in [3.05, 3.63) is 35.8 Å². The molecule has 55 heavy (non-hydrogen) atoms. The first-order valence-corrected chi connectivity index (χ1v) is 21.5. The summed E-state index contributed by atoms with van der Waals surface area (Å²) in [7, 11) is -16.4. The highest BCUT2D eigenvalue weighted by Gasteiger charge is 2.50. The number of nitrogens with zero attached hydrogens (tertiary/aromatic N) is 4. The van der Waals surface area contributed by atoms with Gasteiger partial charge in [0.05, 0.1) is 26.1 Å². The minimum Gasteiger partial charge on any atom is -0.391 e. The molecule has 2 amide bonds. The number of hydrogen-bond acceptors (Lipinski definition) is 18. The summed E-state index contributed by atoms with van der Waals surface area (Å²) < 4.78 is 62.1. The Kier molecular flexibility index (Phi) is 17.1. The second-order valence-corrected chi connectivity index (χ2v) is 17.7. The van der Waals surface area contributed by atoms with Crippen LogP contribution in [0, 0.1) is 5.41 Å². The average Bonchev–Trinajstić information content (AvgIpc) is 3.65. The molecule has 0 spiro atoms. The number of carbonyl (C=O) groups excluding carboxylic acids is 2. The third kappa shape index (κ3) is 14.3. The molecular weight excluding hydrogens is 819 g/mol. The number of aliphatic hydroxyl groups is 3. The summed E-state index contributed by atoms with van der Waals surface area (Å²) in [6.45, 7) is 2.30. The smallest absolute Gasteiger partial charge is 0.391 e. The van der Waals surface area contributed by atoms with Crippen LogP contribution in [0.2, 0.25) is 0 Å². The van der Waals surface area contributed by atoms with Crippen molar-refractivity contribution in [2.75, 3.05) is 44.4 Å². The van der Waals surface area contributed by atoms with Crippen LogP contribution < -0.4 is 16.4 Å². The van der Waals surface area contributed by atoms with Crippen LogP contribution in [0.5, 0.6) is 0 Å². The number of amides is 2. The lowest BCUT2D eigenvalue weighted by Crippen LogP contribution is -2.46. The number of allylic oxidation sites excluding steroid dienone is 3. The van der Waals surface area contributed by atoms with Gasteiger partial charge in [-0.3, -0.25) is 27.7 Å². The fourth-order valence-electron chi connectivity index (χ4n) is 4.66. The molecule has 0 radical (unpaired) electrons. The molecular formula is C27H44N7O17P3S. The van der Waals surface area contributed by atoms with Gasteiger partial charge in [-0.05, 0) is 6.92 Å². The molecule has 3 heterocycles. The summed E-state index contributed by atoms with van der Waals surface area (Å²) in [4.78, 5) is 76.3. The van der Waals surface area contributed by atoms with Gasteiger partial charge >= 0.3 is 23.5 Å². The quantitative estimate of drug-likeness (QED) is 0.0408. The van der Waals surface area contributed by atoms with Gasteiger partial charge in [0.1, 0.15) is 36.3 Å². The molecule has 2 aromatic rings. The highest BCUT2D eigenvalue weighted by molar-refractivity contribution is 8.03. The van der Waals surface area contributed by atoms with Crippen molar-refractivity contribution in [3.63, 3.8) is 0 Å². The van der Waals surface area contributed by atoms with Crippen molar-refractivity contribution in [2.24, 2.45) is 5.41 Å². The zero-order chi connectivity index (χ0) is 41.2. The first-order valence-electron chi connectivity index (χ1n) is 16.0. The number of imidazole rings is 1. The molecule has 0 aliphatic carbocycles. The van der Waals surface area contributed by atoms with Gasteiger partial charge in [-0.15, -0.1) is 11.8 Å². The van der Waals surface area contributed by atoms with Crippen LogP contribution in [0.4, 0.5) is 5.82 Å². The largest absolute Gasteiger partial charge is 0.481 e.